The normalized spacial score (nSPS) is 15.5. The zero-order valence-electron chi connectivity index (χ0n) is 12.6. The van der Waals surface area contributed by atoms with Crippen molar-refractivity contribution in [2.45, 2.75) is 4.90 Å². The maximum Gasteiger partial charge on any atom is 0.205 e. The maximum absolute atomic E-state index is 12.1. The molecule has 0 radical (unpaired) electrons. The average Bonchev–Trinajstić information content (AvgIpc) is 2.63. The largest absolute Gasteiger partial charge is 0.288 e. The number of halogens is 1. The number of allylic oxidation sites excluding steroid dienone is 2. The summed E-state index contributed by atoms with van der Waals surface area (Å²) in [6.45, 7) is 0. The van der Waals surface area contributed by atoms with Crippen molar-refractivity contribution < 1.29 is 4.79 Å². The van der Waals surface area contributed by atoms with Crippen LogP contribution in [0.25, 0.3) is 10.8 Å². The summed E-state index contributed by atoms with van der Waals surface area (Å²) in [7, 11) is 0. The molecule has 24 heavy (non-hydrogen) atoms. The summed E-state index contributed by atoms with van der Waals surface area (Å²) < 4.78 is 4.61. The van der Waals surface area contributed by atoms with Crippen LogP contribution in [0.5, 0.6) is 0 Å². The second kappa shape index (κ2) is 6.27. The molecule has 0 aromatic heterocycles. The van der Waals surface area contributed by atoms with E-state index in [4.69, 9.17) is 11.6 Å². The molecule has 3 aromatic carbocycles. The smallest absolute Gasteiger partial charge is 0.205 e. The van der Waals surface area contributed by atoms with Crippen molar-refractivity contribution in [3.8, 4) is 0 Å². The Labute approximate surface area is 149 Å². The molecule has 1 aliphatic carbocycles. The third-order valence-corrected chi connectivity index (χ3v) is 4.93. The van der Waals surface area contributed by atoms with E-state index < -0.39 is 0 Å². The molecule has 0 atom stereocenters. The Morgan fingerprint density at radius 1 is 0.833 bits per heavy atom. The molecule has 0 aliphatic heterocycles. The third kappa shape index (κ3) is 2.77. The molecule has 2 nitrogen and oxygen atoms in total. The number of Topliss-reactive ketones (excluding diaryl/α,β-unsaturated/α-hetero) is 1. The molecule has 0 saturated heterocycles. The molecule has 0 heterocycles. The van der Waals surface area contributed by atoms with E-state index in [1.807, 2.05) is 36.4 Å². The Bertz CT molecular complexity index is 1020. The fourth-order valence-corrected chi connectivity index (χ4v) is 3.57. The lowest BCUT2D eigenvalue weighted by molar-refractivity contribution is 0.104. The van der Waals surface area contributed by atoms with E-state index in [0.717, 1.165) is 10.5 Å². The molecule has 4 heteroatoms. The fourth-order valence-electron chi connectivity index (χ4n) is 2.70. The van der Waals surface area contributed by atoms with Crippen LogP contribution in [-0.4, -0.2) is 11.5 Å². The van der Waals surface area contributed by atoms with E-state index in [2.05, 4.69) is 28.7 Å². The lowest BCUT2D eigenvalue weighted by Gasteiger charge is -2.13. The molecule has 0 saturated carbocycles. The molecule has 0 spiro atoms. The van der Waals surface area contributed by atoms with Gasteiger partial charge < -0.3 is 0 Å². The summed E-state index contributed by atoms with van der Waals surface area (Å²) in [4.78, 5) is 13.2. The van der Waals surface area contributed by atoms with Gasteiger partial charge in [-0.3, -0.25) is 4.79 Å². The van der Waals surface area contributed by atoms with Crippen molar-refractivity contribution in [1.29, 1.82) is 0 Å². The van der Waals surface area contributed by atoms with Crippen molar-refractivity contribution in [2.75, 3.05) is 0 Å². The minimum atomic E-state index is -0.151. The van der Waals surface area contributed by atoms with Crippen LogP contribution in [-0.2, 0) is 0 Å². The van der Waals surface area contributed by atoms with Crippen LogP contribution in [0.4, 0.5) is 0 Å². The zero-order chi connectivity index (χ0) is 16.5. The Morgan fingerprint density at radius 2 is 1.54 bits per heavy atom. The van der Waals surface area contributed by atoms with Gasteiger partial charge in [0.1, 0.15) is 0 Å². The topological polar surface area (TPSA) is 29.4 Å². The van der Waals surface area contributed by atoms with Gasteiger partial charge >= 0.3 is 0 Å². The van der Waals surface area contributed by atoms with E-state index in [1.54, 1.807) is 12.1 Å². The quantitative estimate of drug-likeness (QED) is 0.559. The van der Waals surface area contributed by atoms with Gasteiger partial charge in [-0.1, -0.05) is 66.2 Å². The highest BCUT2D eigenvalue weighted by Crippen LogP contribution is 2.28. The van der Waals surface area contributed by atoms with E-state index >= 15 is 0 Å². The highest BCUT2D eigenvalue weighted by molar-refractivity contribution is 7.98. The van der Waals surface area contributed by atoms with Crippen molar-refractivity contribution >= 4 is 45.8 Å². The lowest BCUT2D eigenvalue weighted by atomic mass is 9.94. The van der Waals surface area contributed by atoms with Gasteiger partial charge in [0.15, 0.2) is 0 Å². The molecule has 116 valence electrons. The second-order valence-electron chi connectivity index (χ2n) is 5.44. The van der Waals surface area contributed by atoms with Crippen LogP contribution in [0.15, 0.2) is 87.1 Å². The number of carbonyl (C=O) groups is 1. The molecule has 0 amide bonds. The van der Waals surface area contributed by atoms with Gasteiger partial charge in [0.2, 0.25) is 5.78 Å². The number of benzene rings is 3. The van der Waals surface area contributed by atoms with Crippen molar-refractivity contribution in [3.05, 3.63) is 89.0 Å². The van der Waals surface area contributed by atoms with Gasteiger partial charge in [0, 0.05) is 28.0 Å². The molecule has 1 aliphatic rings. The minimum absolute atomic E-state index is 0.151. The molecule has 4 rings (SSSR count). The molecule has 3 aromatic rings. The van der Waals surface area contributed by atoms with Crippen LogP contribution in [0, 0.1) is 0 Å². The summed E-state index contributed by atoms with van der Waals surface area (Å²) in [5.41, 5.74) is 2.14. The molecular weight excluding hydrogens is 338 g/mol. The van der Waals surface area contributed by atoms with Crippen LogP contribution in [0.3, 0.4) is 0 Å². The Kier molecular flexibility index (Phi) is 3.97. The predicted octanol–water partition coefficient (Wildman–Crippen LogP) is 5.66. The van der Waals surface area contributed by atoms with Crippen LogP contribution in [0.1, 0.15) is 15.9 Å². The van der Waals surface area contributed by atoms with Crippen molar-refractivity contribution in [3.63, 3.8) is 0 Å². The fraction of sp³-hybridized carbons (Fsp3) is 0. The zero-order valence-corrected chi connectivity index (χ0v) is 14.1. The van der Waals surface area contributed by atoms with Crippen LogP contribution in [0.2, 0.25) is 0 Å². The first kappa shape index (κ1) is 15.2. The first-order valence-corrected chi connectivity index (χ1v) is 8.62. The first-order valence-electron chi connectivity index (χ1n) is 7.47. The summed E-state index contributed by atoms with van der Waals surface area (Å²) >= 11 is 7.45. The number of ketones is 1. The molecule has 0 N–H and O–H groups in total. The van der Waals surface area contributed by atoms with Gasteiger partial charge in [-0.05, 0) is 29.0 Å². The Balaban J connectivity index is 1.71. The average molecular weight is 350 g/mol. The number of carbonyl (C=O) groups excluding carboxylic acids is 1. The number of rotatable bonds is 2. The summed E-state index contributed by atoms with van der Waals surface area (Å²) in [6.07, 6.45) is 1.64. The summed E-state index contributed by atoms with van der Waals surface area (Å²) in [6, 6.07) is 21.9. The first-order chi connectivity index (χ1) is 11.7. The summed E-state index contributed by atoms with van der Waals surface area (Å²) in [5, 5.41) is 2.58. The van der Waals surface area contributed by atoms with Gasteiger partial charge in [0.25, 0.3) is 0 Å². The molecule has 0 unspecified atom stereocenters. The van der Waals surface area contributed by atoms with Gasteiger partial charge in [-0.25, -0.2) is 4.40 Å². The van der Waals surface area contributed by atoms with Gasteiger partial charge in [-0.2, -0.15) is 0 Å². The number of fused-ring (bicyclic) bond motifs is 2. The number of nitrogens with zero attached hydrogens (tertiary/aromatic N) is 1. The number of hydrogen-bond donors (Lipinski definition) is 0. The van der Waals surface area contributed by atoms with Crippen molar-refractivity contribution in [1.82, 2.24) is 0 Å². The van der Waals surface area contributed by atoms with E-state index in [1.165, 1.54) is 22.7 Å². The molecule has 0 bridgehead atoms. The Hall–Kier alpha value is -2.36. The van der Waals surface area contributed by atoms with E-state index in [9.17, 15) is 4.79 Å². The standard InChI is InChI=1S/C20H12ClNOS/c21-18-12-19(16-7-3-4-8-17(16)20(18)23)22-24-15-10-9-13-5-1-2-6-14(13)11-15/h1-12H. The predicted molar refractivity (Wildman–Crippen MR) is 101 cm³/mol. The van der Waals surface area contributed by atoms with Crippen LogP contribution < -0.4 is 0 Å². The third-order valence-electron chi connectivity index (χ3n) is 3.90. The molecular formula is C20H12ClNOS. The maximum atomic E-state index is 12.1. The Morgan fingerprint density at radius 3 is 2.38 bits per heavy atom. The SMILES string of the molecule is O=C1C(Cl)=CC(=NSc2ccc3ccccc3c2)c2ccccc21. The van der Waals surface area contributed by atoms with E-state index in [-0.39, 0.29) is 10.8 Å². The van der Waals surface area contributed by atoms with Crippen molar-refractivity contribution in [2.24, 2.45) is 4.40 Å². The minimum Gasteiger partial charge on any atom is -0.288 e. The number of hydrogen-bond acceptors (Lipinski definition) is 3. The monoisotopic (exact) mass is 349 g/mol. The highest BCUT2D eigenvalue weighted by atomic mass is 35.5. The second-order valence-corrected chi connectivity index (χ2v) is 6.69. The summed E-state index contributed by atoms with van der Waals surface area (Å²) in [5.74, 6) is -0.151. The highest BCUT2D eigenvalue weighted by Gasteiger charge is 2.22. The lowest BCUT2D eigenvalue weighted by Crippen LogP contribution is -2.14. The van der Waals surface area contributed by atoms with E-state index in [0.29, 0.717) is 11.3 Å². The molecule has 0 fully saturated rings. The van der Waals surface area contributed by atoms with Crippen LogP contribution >= 0.6 is 23.5 Å². The van der Waals surface area contributed by atoms with Gasteiger partial charge in [0.05, 0.1) is 10.7 Å². The van der Waals surface area contributed by atoms with Gasteiger partial charge in [-0.15, -0.1) is 0 Å².